The molecule has 3 aromatic carbocycles. The quantitative estimate of drug-likeness (QED) is 0.290. The third-order valence-corrected chi connectivity index (χ3v) is 7.68. The first-order valence-corrected chi connectivity index (χ1v) is 13.7. The highest BCUT2D eigenvalue weighted by Gasteiger charge is 2.27. The van der Waals surface area contributed by atoms with Crippen molar-refractivity contribution in [3.8, 4) is 17.6 Å². The van der Waals surface area contributed by atoms with E-state index in [0.29, 0.717) is 12.3 Å². The molecule has 1 heterocycles. The lowest BCUT2D eigenvalue weighted by atomic mass is 10.0. The molecule has 0 radical (unpaired) electrons. The van der Waals surface area contributed by atoms with Crippen LogP contribution in [-0.4, -0.2) is 36.7 Å². The first-order valence-electron chi connectivity index (χ1n) is 12.2. The summed E-state index contributed by atoms with van der Waals surface area (Å²) in [5.41, 5.74) is 5.03. The Hall–Kier alpha value is -4.06. The molecule has 8 heteroatoms. The molecule has 38 heavy (non-hydrogen) atoms. The maximum absolute atomic E-state index is 13.1. The van der Waals surface area contributed by atoms with Gasteiger partial charge < -0.3 is 14.4 Å². The van der Waals surface area contributed by atoms with E-state index in [1.165, 1.54) is 24.3 Å². The molecule has 0 aliphatic heterocycles. The van der Waals surface area contributed by atoms with Gasteiger partial charge in [0.1, 0.15) is 18.4 Å². The summed E-state index contributed by atoms with van der Waals surface area (Å²) in [6, 6.07) is 18.7. The second kappa shape index (κ2) is 11.5. The van der Waals surface area contributed by atoms with Gasteiger partial charge in [0, 0.05) is 30.1 Å². The van der Waals surface area contributed by atoms with Crippen LogP contribution in [0.3, 0.4) is 0 Å². The fourth-order valence-corrected chi connectivity index (χ4v) is 5.54. The van der Waals surface area contributed by atoms with Crippen molar-refractivity contribution in [3.05, 3.63) is 95.2 Å². The van der Waals surface area contributed by atoms with E-state index in [1.807, 2.05) is 50.4 Å². The van der Waals surface area contributed by atoms with Crippen LogP contribution in [0.1, 0.15) is 29.2 Å². The standard InChI is InChI=1S/C30H30N2O5S/c1-4-5-15-37-25-10-12-26(13-11-25)38(35,36)31-28(30(33)34)18-24-20-32(19-23-8-6-7-21(2)16-23)29-14-9-22(3)17-27(24)29/h6-14,16-17,20,28,31H,15,18-19H2,1-3H3,(H,33,34). The molecule has 2 N–H and O–H groups in total. The third-order valence-electron chi connectivity index (χ3n) is 6.20. The normalized spacial score (nSPS) is 12.1. The van der Waals surface area contributed by atoms with Crippen LogP contribution in [0.15, 0.2) is 77.8 Å². The number of aryl methyl sites for hydroxylation is 2. The Labute approximate surface area is 223 Å². The summed E-state index contributed by atoms with van der Waals surface area (Å²) < 4.78 is 36.0. The molecule has 0 aliphatic rings. The van der Waals surface area contributed by atoms with Gasteiger partial charge in [-0.3, -0.25) is 4.79 Å². The first kappa shape index (κ1) is 27.0. The van der Waals surface area contributed by atoms with Crippen molar-refractivity contribution < 1.29 is 23.1 Å². The minimum Gasteiger partial charge on any atom is -0.481 e. The molecule has 1 aromatic heterocycles. The van der Waals surface area contributed by atoms with E-state index >= 15 is 0 Å². The Balaban J connectivity index is 1.60. The minimum atomic E-state index is -4.10. The van der Waals surface area contributed by atoms with Gasteiger partial charge in [0.05, 0.1) is 4.90 Å². The highest BCUT2D eigenvalue weighted by molar-refractivity contribution is 7.89. The third kappa shape index (κ3) is 6.43. The number of aliphatic carboxylic acids is 1. The highest BCUT2D eigenvalue weighted by atomic mass is 32.2. The number of nitrogens with one attached hydrogen (secondary N) is 1. The number of carboxylic acid groups (broad SMARTS) is 1. The number of nitrogens with zero attached hydrogens (tertiary/aromatic N) is 1. The van der Waals surface area contributed by atoms with Gasteiger partial charge >= 0.3 is 5.97 Å². The number of carbonyl (C=O) groups is 1. The maximum atomic E-state index is 13.1. The zero-order valence-electron chi connectivity index (χ0n) is 21.6. The van der Waals surface area contributed by atoms with E-state index < -0.39 is 22.0 Å². The SMILES string of the molecule is CC#CCOc1ccc(S(=O)(=O)NC(Cc2cn(Cc3cccc(C)c3)c3ccc(C)cc23)C(=O)O)cc1. The van der Waals surface area contributed by atoms with Crippen molar-refractivity contribution in [2.24, 2.45) is 0 Å². The molecule has 0 aliphatic carbocycles. The smallest absolute Gasteiger partial charge is 0.322 e. The Morgan fingerprint density at radius 2 is 1.79 bits per heavy atom. The molecule has 1 atom stereocenters. The fourth-order valence-electron chi connectivity index (χ4n) is 4.35. The molecule has 0 amide bonds. The van der Waals surface area contributed by atoms with Gasteiger partial charge in [-0.1, -0.05) is 47.4 Å². The van der Waals surface area contributed by atoms with E-state index in [9.17, 15) is 18.3 Å². The molecule has 0 bridgehead atoms. The Bertz CT molecular complexity index is 1630. The van der Waals surface area contributed by atoms with Gasteiger partial charge in [0.2, 0.25) is 10.0 Å². The Morgan fingerprint density at radius 1 is 1.05 bits per heavy atom. The molecule has 0 saturated heterocycles. The van der Waals surface area contributed by atoms with Gasteiger partial charge in [-0.05, 0) is 68.3 Å². The summed E-state index contributed by atoms with van der Waals surface area (Å²) in [7, 11) is -4.10. The van der Waals surface area contributed by atoms with Crippen LogP contribution in [0, 0.1) is 25.7 Å². The van der Waals surface area contributed by atoms with Gasteiger partial charge in [-0.2, -0.15) is 4.72 Å². The van der Waals surface area contributed by atoms with Crippen LogP contribution >= 0.6 is 0 Å². The predicted molar refractivity (Wildman–Crippen MR) is 148 cm³/mol. The Kier molecular flexibility index (Phi) is 8.20. The summed E-state index contributed by atoms with van der Waals surface area (Å²) in [5.74, 6) is 4.70. The minimum absolute atomic E-state index is 0.00772. The molecule has 0 spiro atoms. The van der Waals surface area contributed by atoms with Gasteiger partial charge in [-0.25, -0.2) is 8.42 Å². The Morgan fingerprint density at radius 3 is 2.47 bits per heavy atom. The van der Waals surface area contributed by atoms with Crippen LogP contribution in [0.2, 0.25) is 0 Å². The van der Waals surface area contributed by atoms with Crippen molar-refractivity contribution in [3.63, 3.8) is 0 Å². The summed E-state index contributed by atoms with van der Waals surface area (Å²) >= 11 is 0. The van der Waals surface area contributed by atoms with E-state index in [-0.39, 0.29) is 17.9 Å². The predicted octanol–water partition coefficient (Wildman–Crippen LogP) is 4.68. The second-order valence-electron chi connectivity index (χ2n) is 9.19. The highest BCUT2D eigenvalue weighted by Crippen LogP contribution is 2.26. The number of carboxylic acids is 1. The van der Waals surface area contributed by atoms with E-state index in [1.54, 1.807) is 6.92 Å². The lowest BCUT2D eigenvalue weighted by Crippen LogP contribution is -2.42. The topological polar surface area (TPSA) is 97.6 Å². The number of fused-ring (bicyclic) bond motifs is 1. The van der Waals surface area contributed by atoms with E-state index in [0.717, 1.165) is 33.2 Å². The zero-order chi connectivity index (χ0) is 27.3. The molecule has 4 aromatic rings. The van der Waals surface area contributed by atoms with Crippen LogP contribution in [-0.2, 0) is 27.8 Å². The van der Waals surface area contributed by atoms with Gasteiger partial charge in [0.25, 0.3) is 0 Å². The first-order chi connectivity index (χ1) is 18.2. The van der Waals surface area contributed by atoms with E-state index in [2.05, 4.69) is 33.3 Å². The lowest BCUT2D eigenvalue weighted by molar-refractivity contribution is -0.138. The van der Waals surface area contributed by atoms with Gasteiger partial charge in [-0.15, -0.1) is 5.92 Å². The molecule has 0 saturated carbocycles. The van der Waals surface area contributed by atoms with Crippen LogP contribution in [0.5, 0.6) is 5.75 Å². The second-order valence-corrected chi connectivity index (χ2v) is 10.9. The van der Waals surface area contributed by atoms with Crippen LogP contribution in [0.25, 0.3) is 10.9 Å². The molecule has 196 valence electrons. The number of benzene rings is 3. The number of hydrogen-bond donors (Lipinski definition) is 2. The molecular weight excluding hydrogens is 500 g/mol. The molecule has 0 fully saturated rings. The summed E-state index contributed by atoms with van der Waals surface area (Å²) in [5, 5.41) is 10.8. The van der Waals surface area contributed by atoms with E-state index in [4.69, 9.17) is 4.74 Å². The number of ether oxygens (including phenoxy) is 1. The summed E-state index contributed by atoms with van der Waals surface area (Å²) in [6.07, 6.45) is 1.91. The van der Waals surface area contributed by atoms with Crippen LogP contribution < -0.4 is 9.46 Å². The average molecular weight is 531 g/mol. The molecule has 1 unspecified atom stereocenters. The van der Waals surface area contributed by atoms with Crippen molar-refractivity contribution >= 4 is 26.9 Å². The number of sulfonamides is 1. The van der Waals surface area contributed by atoms with Crippen molar-refractivity contribution in [2.75, 3.05) is 6.61 Å². The monoisotopic (exact) mass is 530 g/mol. The largest absolute Gasteiger partial charge is 0.481 e. The number of hydrogen-bond acceptors (Lipinski definition) is 4. The summed E-state index contributed by atoms with van der Waals surface area (Å²) in [6.45, 7) is 6.52. The van der Waals surface area contributed by atoms with Crippen molar-refractivity contribution in [2.45, 2.75) is 44.7 Å². The fraction of sp³-hybridized carbons (Fsp3) is 0.233. The average Bonchev–Trinajstić information content (AvgIpc) is 3.19. The van der Waals surface area contributed by atoms with Crippen molar-refractivity contribution in [1.29, 1.82) is 0 Å². The lowest BCUT2D eigenvalue weighted by Gasteiger charge is -2.15. The zero-order valence-corrected chi connectivity index (χ0v) is 22.4. The molecule has 7 nitrogen and oxygen atoms in total. The number of aromatic nitrogens is 1. The molecule has 4 rings (SSSR count). The van der Waals surface area contributed by atoms with Gasteiger partial charge in [0.15, 0.2) is 0 Å². The van der Waals surface area contributed by atoms with Crippen molar-refractivity contribution in [1.82, 2.24) is 9.29 Å². The van der Waals surface area contributed by atoms with Crippen LogP contribution in [0.4, 0.5) is 0 Å². The maximum Gasteiger partial charge on any atom is 0.322 e. The number of rotatable bonds is 10. The summed E-state index contributed by atoms with van der Waals surface area (Å²) in [4.78, 5) is 12.1. The molecular formula is C30H30N2O5S.